The molecule has 112 valence electrons. The van der Waals surface area contributed by atoms with Crippen molar-refractivity contribution >= 4 is 0 Å². The van der Waals surface area contributed by atoms with Gasteiger partial charge in [0.25, 0.3) is 0 Å². The summed E-state index contributed by atoms with van der Waals surface area (Å²) in [6, 6.07) is 13.5. The first kappa shape index (κ1) is 15.2. The number of nitrogens with two attached hydrogens (primary N) is 1. The van der Waals surface area contributed by atoms with E-state index in [-0.39, 0.29) is 6.04 Å². The van der Waals surface area contributed by atoms with Crippen molar-refractivity contribution in [2.24, 2.45) is 5.73 Å². The number of ether oxygens (including phenoxy) is 3. The molecule has 2 aromatic carbocycles. The van der Waals surface area contributed by atoms with Crippen LogP contribution in [0.25, 0.3) is 0 Å². The number of hydrogen-bond donors (Lipinski definition) is 1. The molecule has 0 aliphatic heterocycles. The van der Waals surface area contributed by atoms with E-state index in [0.29, 0.717) is 23.9 Å². The van der Waals surface area contributed by atoms with E-state index in [2.05, 4.69) is 0 Å². The van der Waals surface area contributed by atoms with Gasteiger partial charge < -0.3 is 19.9 Å². The van der Waals surface area contributed by atoms with Crippen LogP contribution in [0, 0.1) is 0 Å². The second-order valence-electron chi connectivity index (χ2n) is 4.81. The Bertz CT molecular complexity index is 582. The summed E-state index contributed by atoms with van der Waals surface area (Å²) in [5.41, 5.74) is 8.01. The molecule has 0 aliphatic rings. The van der Waals surface area contributed by atoms with Gasteiger partial charge in [0.15, 0.2) is 11.5 Å². The molecule has 21 heavy (non-hydrogen) atoms. The standard InChI is InChI=1S/C17H21NO3/c1-12(18)14-9-16(19-2)17(20-3)10-15(14)21-11-13-7-5-4-6-8-13/h4-10,12H,11,18H2,1-3H3/t12-/m1/s1. The molecule has 0 aromatic heterocycles. The van der Waals surface area contributed by atoms with Gasteiger partial charge in [-0.3, -0.25) is 0 Å². The van der Waals surface area contributed by atoms with Crippen LogP contribution < -0.4 is 19.9 Å². The smallest absolute Gasteiger partial charge is 0.164 e. The molecule has 0 spiro atoms. The average molecular weight is 287 g/mol. The minimum Gasteiger partial charge on any atom is -0.493 e. The van der Waals surface area contributed by atoms with Crippen LogP contribution in [0.3, 0.4) is 0 Å². The Morgan fingerprint density at radius 3 is 2.14 bits per heavy atom. The Morgan fingerprint density at radius 1 is 0.952 bits per heavy atom. The first-order valence-corrected chi connectivity index (χ1v) is 6.84. The highest BCUT2D eigenvalue weighted by atomic mass is 16.5. The van der Waals surface area contributed by atoms with Crippen LogP contribution in [0.4, 0.5) is 0 Å². The summed E-state index contributed by atoms with van der Waals surface area (Å²) in [7, 11) is 3.21. The molecule has 2 aromatic rings. The van der Waals surface area contributed by atoms with Gasteiger partial charge in [-0.2, -0.15) is 0 Å². The SMILES string of the molecule is COc1cc(OCc2ccccc2)c([C@@H](C)N)cc1OC. The third-order valence-electron chi connectivity index (χ3n) is 3.24. The van der Waals surface area contributed by atoms with Crippen molar-refractivity contribution in [2.75, 3.05) is 14.2 Å². The summed E-state index contributed by atoms with van der Waals surface area (Å²) in [6.07, 6.45) is 0. The summed E-state index contributed by atoms with van der Waals surface area (Å²) in [4.78, 5) is 0. The molecule has 0 saturated carbocycles. The van der Waals surface area contributed by atoms with Crippen molar-refractivity contribution in [2.45, 2.75) is 19.6 Å². The molecule has 0 heterocycles. The largest absolute Gasteiger partial charge is 0.493 e. The Labute approximate surface area is 125 Å². The van der Waals surface area contributed by atoms with Gasteiger partial charge in [0.1, 0.15) is 12.4 Å². The number of rotatable bonds is 6. The zero-order chi connectivity index (χ0) is 15.2. The van der Waals surface area contributed by atoms with E-state index >= 15 is 0 Å². The molecule has 2 rings (SSSR count). The summed E-state index contributed by atoms with van der Waals surface area (Å²) in [5, 5.41) is 0. The molecule has 4 nitrogen and oxygen atoms in total. The fraction of sp³-hybridized carbons (Fsp3) is 0.294. The zero-order valence-corrected chi connectivity index (χ0v) is 12.6. The highest BCUT2D eigenvalue weighted by molar-refractivity contribution is 5.51. The van der Waals surface area contributed by atoms with Crippen molar-refractivity contribution in [3.8, 4) is 17.2 Å². The van der Waals surface area contributed by atoms with Crippen molar-refractivity contribution in [3.63, 3.8) is 0 Å². The van der Waals surface area contributed by atoms with Gasteiger partial charge >= 0.3 is 0 Å². The molecule has 2 N–H and O–H groups in total. The molecule has 0 amide bonds. The predicted octanol–water partition coefficient (Wildman–Crippen LogP) is 3.30. The Hall–Kier alpha value is -2.20. The van der Waals surface area contributed by atoms with Crippen molar-refractivity contribution in [1.29, 1.82) is 0 Å². The molecule has 0 unspecified atom stereocenters. The predicted molar refractivity (Wildman–Crippen MR) is 82.9 cm³/mol. The lowest BCUT2D eigenvalue weighted by atomic mass is 10.1. The van der Waals surface area contributed by atoms with E-state index in [4.69, 9.17) is 19.9 Å². The number of benzene rings is 2. The molecule has 1 atom stereocenters. The van der Waals surface area contributed by atoms with Gasteiger partial charge in [-0.05, 0) is 18.6 Å². The maximum atomic E-state index is 6.02. The minimum absolute atomic E-state index is 0.157. The van der Waals surface area contributed by atoms with Crippen molar-refractivity contribution in [3.05, 3.63) is 53.6 Å². The van der Waals surface area contributed by atoms with E-state index in [9.17, 15) is 0 Å². The second kappa shape index (κ2) is 6.99. The lowest BCUT2D eigenvalue weighted by Crippen LogP contribution is -2.09. The molecular formula is C17H21NO3. The van der Waals surface area contributed by atoms with Gasteiger partial charge in [-0.1, -0.05) is 30.3 Å². The van der Waals surface area contributed by atoms with Gasteiger partial charge in [0, 0.05) is 17.7 Å². The average Bonchev–Trinajstić information content (AvgIpc) is 2.52. The third kappa shape index (κ3) is 3.67. The minimum atomic E-state index is -0.157. The Morgan fingerprint density at radius 2 is 1.57 bits per heavy atom. The summed E-state index contributed by atoms with van der Waals surface area (Å²) in [6.45, 7) is 2.40. The molecule has 0 bridgehead atoms. The first-order chi connectivity index (χ1) is 10.2. The molecule has 4 heteroatoms. The Balaban J connectivity index is 2.28. The molecular weight excluding hydrogens is 266 g/mol. The first-order valence-electron chi connectivity index (χ1n) is 6.84. The second-order valence-corrected chi connectivity index (χ2v) is 4.81. The van der Waals surface area contributed by atoms with Crippen LogP contribution in [0.1, 0.15) is 24.1 Å². The molecule has 0 saturated heterocycles. The fourth-order valence-electron chi connectivity index (χ4n) is 2.09. The van der Waals surface area contributed by atoms with Crippen LogP contribution in [-0.2, 0) is 6.61 Å². The van der Waals surface area contributed by atoms with E-state index in [1.807, 2.05) is 49.4 Å². The molecule has 0 fully saturated rings. The van der Waals surface area contributed by atoms with Crippen LogP contribution in [0.5, 0.6) is 17.2 Å². The van der Waals surface area contributed by atoms with Gasteiger partial charge in [-0.25, -0.2) is 0 Å². The number of hydrogen-bond acceptors (Lipinski definition) is 4. The van der Waals surface area contributed by atoms with Gasteiger partial charge in [0.05, 0.1) is 14.2 Å². The lowest BCUT2D eigenvalue weighted by Gasteiger charge is -2.17. The summed E-state index contributed by atoms with van der Waals surface area (Å²) < 4.78 is 16.5. The normalized spacial score (nSPS) is 11.8. The summed E-state index contributed by atoms with van der Waals surface area (Å²) in [5.74, 6) is 1.99. The van der Waals surface area contributed by atoms with Crippen LogP contribution >= 0.6 is 0 Å². The van der Waals surface area contributed by atoms with E-state index < -0.39 is 0 Å². The monoisotopic (exact) mass is 287 g/mol. The molecule has 0 radical (unpaired) electrons. The highest BCUT2D eigenvalue weighted by Crippen LogP contribution is 2.37. The van der Waals surface area contributed by atoms with Crippen LogP contribution in [-0.4, -0.2) is 14.2 Å². The number of methoxy groups -OCH3 is 2. The Kier molecular flexibility index (Phi) is 5.06. The summed E-state index contributed by atoms with van der Waals surface area (Å²) >= 11 is 0. The van der Waals surface area contributed by atoms with Crippen LogP contribution in [0.2, 0.25) is 0 Å². The molecule has 0 aliphatic carbocycles. The van der Waals surface area contributed by atoms with Gasteiger partial charge in [-0.15, -0.1) is 0 Å². The fourth-order valence-corrected chi connectivity index (χ4v) is 2.09. The lowest BCUT2D eigenvalue weighted by molar-refractivity contribution is 0.295. The van der Waals surface area contributed by atoms with E-state index in [0.717, 1.165) is 11.1 Å². The van der Waals surface area contributed by atoms with E-state index in [1.54, 1.807) is 14.2 Å². The van der Waals surface area contributed by atoms with Crippen molar-refractivity contribution < 1.29 is 14.2 Å². The quantitative estimate of drug-likeness (QED) is 0.885. The zero-order valence-electron chi connectivity index (χ0n) is 12.6. The topological polar surface area (TPSA) is 53.7 Å². The van der Waals surface area contributed by atoms with Crippen LogP contribution in [0.15, 0.2) is 42.5 Å². The van der Waals surface area contributed by atoms with Gasteiger partial charge in [0.2, 0.25) is 0 Å². The maximum absolute atomic E-state index is 6.02. The highest BCUT2D eigenvalue weighted by Gasteiger charge is 2.15. The van der Waals surface area contributed by atoms with E-state index in [1.165, 1.54) is 0 Å². The third-order valence-corrected chi connectivity index (χ3v) is 3.24. The van der Waals surface area contributed by atoms with Crippen molar-refractivity contribution in [1.82, 2.24) is 0 Å². The maximum Gasteiger partial charge on any atom is 0.164 e.